The molecule has 2 aromatic rings. The molecule has 0 aliphatic rings. The highest BCUT2D eigenvalue weighted by Gasteiger charge is 2.34. The molecule has 2 aromatic carbocycles. The van der Waals surface area contributed by atoms with Gasteiger partial charge in [-0.2, -0.15) is 0 Å². The number of anilines is 2. The number of benzene rings is 2. The van der Waals surface area contributed by atoms with Gasteiger partial charge in [-0.3, -0.25) is 0 Å². The molecule has 0 saturated carbocycles. The highest BCUT2D eigenvalue weighted by atomic mass is 32.3. The summed E-state index contributed by atoms with van der Waals surface area (Å²) in [4.78, 5) is 0. The van der Waals surface area contributed by atoms with E-state index in [1.165, 1.54) is 14.2 Å². The van der Waals surface area contributed by atoms with E-state index in [1.807, 2.05) is 13.8 Å². The molecule has 0 heterocycles. The molecule has 0 spiro atoms. The number of hydrogen-bond acceptors (Lipinski definition) is 8. The molecule has 0 aliphatic heterocycles. The molecule has 0 bridgehead atoms. The number of unbranched alkanes of at least 4 members (excludes halogenated alkanes) is 2. The molecular weight excluding hydrogens is 476 g/mol. The summed E-state index contributed by atoms with van der Waals surface area (Å²) in [6.07, 6.45) is 1.95. The highest BCUT2D eigenvalue weighted by molar-refractivity contribution is 8.14. The van der Waals surface area contributed by atoms with Gasteiger partial charge in [0, 0.05) is 11.4 Å². The molecule has 0 saturated heterocycles. The Hall–Kier alpha value is -2.72. The number of rotatable bonds is 14. The molecule has 0 amide bonds. The maximum atomic E-state index is 13.4. The van der Waals surface area contributed by atoms with Crippen LogP contribution in [0.15, 0.2) is 58.6 Å². The van der Waals surface area contributed by atoms with Crippen molar-refractivity contribution in [3.8, 4) is 11.5 Å². The summed E-state index contributed by atoms with van der Waals surface area (Å²) in [5, 5.41) is 5.99. The van der Waals surface area contributed by atoms with Crippen LogP contribution in [0, 0.1) is 0 Å². The van der Waals surface area contributed by atoms with E-state index in [-0.39, 0.29) is 17.3 Å². The van der Waals surface area contributed by atoms with Crippen LogP contribution in [0.4, 0.5) is 11.4 Å². The minimum absolute atomic E-state index is 0.109. The first-order valence-corrected chi connectivity index (χ1v) is 14.5. The van der Waals surface area contributed by atoms with Crippen molar-refractivity contribution in [3.05, 3.63) is 58.6 Å². The van der Waals surface area contributed by atoms with Crippen molar-refractivity contribution in [2.24, 2.45) is 0 Å². The van der Waals surface area contributed by atoms with E-state index in [0.29, 0.717) is 48.6 Å². The average Bonchev–Trinajstić information content (AvgIpc) is 2.82. The van der Waals surface area contributed by atoms with Gasteiger partial charge in [0.15, 0.2) is 23.9 Å². The van der Waals surface area contributed by atoms with Crippen molar-refractivity contribution in [3.63, 3.8) is 0 Å². The van der Waals surface area contributed by atoms with Crippen LogP contribution in [0.25, 0.3) is 0 Å². The predicted octanol–water partition coefficient (Wildman–Crippen LogP) is 4.78. The molecular formula is C24H34N2O6S2. The van der Waals surface area contributed by atoms with Gasteiger partial charge < -0.3 is 20.1 Å². The Morgan fingerprint density at radius 1 is 0.676 bits per heavy atom. The van der Waals surface area contributed by atoms with E-state index in [0.717, 1.165) is 0 Å². The van der Waals surface area contributed by atoms with Crippen molar-refractivity contribution in [1.29, 1.82) is 0 Å². The van der Waals surface area contributed by atoms with Crippen LogP contribution in [0.1, 0.15) is 39.5 Å². The fourth-order valence-electron chi connectivity index (χ4n) is 3.13. The highest BCUT2D eigenvalue weighted by Crippen LogP contribution is 2.27. The zero-order valence-corrected chi connectivity index (χ0v) is 21.8. The van der Waals surface area contributed by atoms with E-state index >= 15 is 0 Å². The lowest BCUT2D eigenvalue weighted by Gasteiger charge is -2.20. The zero-order valence-electron chi connectivity index (χ0n) is 20.1. The fourth-order valence-corrected chi connectivity index (χ4v) is 7.71. The van der Waals surface area contributed by atoms with E-state index in [1.54, 1.807) is 48.5 Å². The van der Waals surface area contributed by atoms with Crippen LogP contribution < -0.4 is 20.1 Å². The third-order valence-corrected chi connectivity index (χ3v) is 9.74. The molecule has 8 nitrogen and oxygen atoms in total. The molecule has 188 valence electrons. The zero-order chi connectivity index (χ0) is 25.2. The lowest BCUT2D eigenvalue weighted by molar-refractivity contribution is 0.415. The first kappa shape index (κ1) is 27.5. The second-order valence-corrected chi connectivity index (χ2v) is 12.1. The van der Waals surface area contributed by atoms with Gasteiger partial charge in [0.05, 0.1) is 25.7 Å². The number of nitrogens with one attached hydrogen (secondary N) is 2. The number of ether oxygens (including phenoxy) is 2. The summed E-state index contributed by atoms with van der Waals surface area (Å²) in [6, 6.07) is 13.5. The summed E-state index contributed by atoms with van der Waals surface area (Å²) < 4.78 is 63.2. The van der Waals surface area contributed by atoms with Gasteiger partial charge in [0.2, 0.25) is 0 Å². The Bertz CT molecular complexity index is 1070. The molecule has 0 atom stereocenters. The average molecular weight is 511 g/mol. The first-order chi connectivity index (χ1) is 16.2. The SMILES string of the molecule is CCCCS(=O)(=O)C(=C(Nc1ccc(OC)cc1)Nc1ccc(OC)cc1)S(=O)(=O)CCCC. The predicted molar refractivity (Wildman–Crippen MR) is 138 cm³/mol. The van der Waals surface area contributed by atoms with Crippen LogP contribution in [-0.4, -0.2) is 42.6 Å². The summed E-state index contributed by atoms with van der Waals surface area (Å²) in [7, 11) is -5.16. The van der Waals surface area contributed by atoms with Gasteiger partial charge in [0.25, 0.3) is 0 Å². The van der Waals surface area contributed by atoms with Crippen LogP contribution in [0.5, 0.6) is 11.5 Å². The second-order valence-electron chi connectivity index (χ2n) is 7.71. The van der Waals surface area contributed by atoms with Crippen molar-refractivity contribution in [2.75, 3.05) is 36.4 Å². The normalized spacial score (nSPS) is 11.5. The van der Waals surface area contributed by atoms with Gasteiger partial charge in [-0.1, -0.05) is 26.7 Å². The van der Waals surface area contributed by atoms with Crippen LogP contribution in [0.2, 0.25) is 0 Å². The van der Waals surface area contributed by atoms with E-state index in [2.05, 4.69) is 10.6 Å². The largest absolute Gasteiger partial charge is 0.497 e. The molecule has 34 heavy (non-hydrogen) atoms. The minimum atomic E-state index is -4.12. The standard InChI is InChI=1S/C24H34N2O6S2/c1-5-7-17-33(27,28)24(34(29,30)18-8-6-2)23(25-19-9-13-21(31-3)14-10-19)26-20-11-15-22(32-4)16-12-20/h9-16,25-26H,5-8,17-18H2,1-4H3. The monoisotopic (exact) mass is 510 g/mol. The number of methoxy groups -OCH3 is 2. The Labute approximate surface area is 203 Å². The Balaban J connectivity index is 2.68. The number of sulfone groups is 2. The molecule has 0 fully saturated rings. The van der Waals surface area contributed by atoms with Crippen LogP contribution >= 0.6 is 0 Å². The molecule has 0 radical (unpaired) electrons. The summed E-state index contributed by atoms with van der Waals surface area (Å²) in [5.41, 5.74) is 1.01. The van der Waals surface area contributed by atoms with Gasteiger partial charge >= 0.3 is 0 Å². The second kappa shape index (κ2) is 12.7. The Morgan fingerprint density at radius 2 is 1.03 bits per heavy atom. The fraction of sp³-hybridized carbons (Fsp3) is 0.417. The minimum Gasteiger partial charge on any atom is -0.497 e. The van der Waals surface area contributed by atoms with Gasteiger partial charge in [0.1, 0.15) is 17.3 Å². The van der Waals surface area contributed by atoms with E-state index in [4.69, 9.17) is 9.47 Å². The molecule has 0 aliphatic carbocycles. The topological polar surface area (TPSA) is 111 Å². The Morgan fingerprint density at radius 3 is 1.32 bits per heavy atom. The molecule has 0 unspecified atom stereocenters. The van der Waals surface area contributed by atoms with Gasteiger partial charge in [-0.25, -0.2) is 16.8 Å². The first-order valence-electron chi connectivity index (χ1n) is 11.2. The smallest absolute Gasteiger partial charge is 0.199 e. The summed E-state index contributed by atoms with van der Waals surface area (Å²) in [5.74, 6) is 0.600. The van der Waals surface area contributed by atoms with E-state index in [9.17, 15) is 16.8 Å². The summed E-state index contributed by atoms with van der Waals surface area (Å²) in [6.45, 7) is 3.72. The van der Waals surface area contributed by atoms with Crippen molar-refractivity contribution in [2.45, 2.75) is 39.5 Å². The lowest BCUT2D eigenvalue weighted by atomic mass is 10.3. The maximum absolute atomic E-state index is 13.4. The van der Waals surface area contributed by atoms with Crippen molar-refractivity contribution >= 4 is 31.0 Å². The van der Waals surface area contributed by atoms with Crippen LogP contribution in [-0.2, 0) is 19.7 Å². The van der Waals surface area contributed by atoms with Gasteiger partial charge in [-0.05, 0) is 61.4 Å². The van der Waals surface area contributed by atoms with Gasteiger partial charge in [-0.15, -0.1) is 0 Å². The molecule has 10 heteroatoms. The quantitative estimate of drug-likeness (QED) is 0.373. The van der Waals surface area contributed by atoms with Crippen molar-refractivity contribution in [1.82, 2.24) is 0 Å². The summed E-state index contributed by atoms with van der Waals surface area (Å²) >= 11 is 0. The number of hydrogen-bond donors (Lipinski definition) is 2. The third-order valence-electron chi connectivity index (χ3n) is 5.02. The Kier molecular flexibility index (Phi) is 10.2. The maximum Gasteiger partial charge on any atom is 0.199 e. The molecule has 2 rings (SSSR count). The third kappa shape index (κ3) is 7.66. The van der Waals surface area contributed by atoms with Crippen LogP contribution in [0.3, 0.4) is 0 Å². The van der Waals surface area contributed by atoms with E-state index < -0.39 is 23.9 Å². The van der Waals surface area contributed by atoms with Crippen molar-refractivity contribution < 1.29 is 26.3 Å². The molecule has 0 aromatic heterocycles. The molecule has 2 N–H and O–H groups in total. The lowest BCUT2D eigenvalue weighted by Crippen LogP contribution is -2.26.